The van der Waals surface area contributed by atoms with E-state index in [4.69, 9.17) is 0 Å². The molecule has 0 aliphatic carbocycles. The minimum Gasteiger partial charge on any atom is -0.393 e. The van der Waals surface area contributed by atoms with Crippen LogP contribution in [-0.2, 0) is 10.1 Å². The largest absolute Gasteiger partial charge is 0.393 e. The molecule has 0 bridgehead atoms. The Morgan fingerprint density at radius 1 is 0.667 bits per heavy atom. The first kappa shape index (κ1) is 23.9. The van der Waals surface area contributed by atoms with Crippen LogP contribution < -0.4 is 0 Å². The average Bonchev–Trinajstić information content (AvgIpc) is 2.51. The van der Waals surface area contributed by atoms with Gasteiger partial charge in [-0.25, -0.2) is 0 Å². The Morgan fingerprint density at radius 3 is 1.67 bits per heavy atom. The Kier molecular flexibility index (Phi) is 15.1. The predicted octanol–water partition coefficient (Wildman–Crippen LogP) is 5.50. The molecule has 0 saturated heterocycles. The lowest BCUT2D eigenvalue weighted by Gasteiger charge is -2.16. The third-order valence-electron chi connectivity index (χ3n) is 4.76. The summed E-state index contributed by atoms with van der Waals surface area (Å²) in [6.45, 7) is 4.32. The van der Waals surface area contributed by atoms with Crippen LogP contribution in [-0.4, -0.2) is 29.4 Å². The first-order chi connectivity index (χ1) is 11.4. The molecule has 146 valence electrons. The minimum absolute atomic E-state index is 0.364. The Balaban J connectivity index is 3.91. The molecule has 5 heteroatoms. The standard InChI is InChI=1S/C19H40O4S/c1-3-5-7-8-9-10-11-13-15-19(24(21,22)23)17-16-18(20)14-12-6-4-2/h18-20H,3-17H2,1-2H3,(H,21,22,23). The van der Waals surface area contributed by atoms with Crippen LogP contribution in [0.15, 0.2) is 0 Å². The van der Waals surface area contributed by atoms with Crippen molar-refractivity contribution in [2.75, 3.05) is 0 Å². The maximum Gasteiger partial charge on any atom is 0.267 e. The number of hydrogen-bond donors (Lipinski definition) is 2. The minimum atomic E-state index is -4.00. The molecule has 0 heterocycles. The molecular weight excluding hydrogens is 324 g/mol. The summed E-state index contributed by atoms with van der Waals surface area (Å²) in [5.41, 5.74) is 0. The fourth-order valence-electron chi connectivity index (χ4n) is 3.10. The molecule has 0 rings (SSSR count). The summed E-state index contributed by atoms with van der Waals surface area (Å²) in [5, 5.41) is 9.22. The number of hydrogen-bond acceptors (Lipinski definition) is 3. The zero-order chi connectivity index (χ0) is 18.3. The van der Waals surface area contributed by atoms with Crippen LogP contribution >= 0.6 is 0 Å². The van der Waals surface area contributed by atoms with Crippen molar-refractivity contribution >= 4 is 10.1 Å². The van der Waals surface area contributed by atoms with Crippen molar-refractivity contribution < 1.29 is 18.1 Å². The zero-order valence-corrected chi connectivity index (χ0v) is 16.7. The molecule has 0 radical (unpaired) electrons. The van der Waals surface area contributed by atoms with Crippen LogP contribution in [0.2, 0.25) is 0 Å². The van der Waals surface area contributed by atoms with Gasteiger partial charge in [0.2, 0.25) is 0 Å². The third-order valence-corrected chi connectivity index (χ3v) is 6.08. The molecule has 2 N–H and O–H groups in total. The summed E-state index contributed by atoms with van der Waals surface area (Å²) >= 11 is 0. The average molecular weight is 365 g/mol. The predicted molar refractivity (Wildman–Crippen MR) is 102 cm³/mol. The number of aliphatic hydroxyl groups excluding tert-OH is 1. The smallest absolute Gasteiger partial charge is 0.267 e. The van der Waals surface area contributed by atoms with Gasteiger partial charge in [0, 0.05) is 0 Å². The van der Waals surface area contributed by atoms with Crippen molar-refractivity contribution in [1.29, 1.82) is 0 Å². The van der Waals surface area contributed by atoms with Crippen LogP contribution in [0, 0.1) is 0 Å². The van der Waals surface area contributed by atoms with Crippen LogP contribution in [0.1, 0.15) is 110 Å². The van der Waals surface area contributed by atoms with Crippen molar-refractivity contribution in [3.63, 3.8) is 0 Å². The van der Waals surface area contributed by atoms with E-state index in [2.05, 4.69) is 13.8 Å². The third kappa shape index (κ3) is 14.2. The van der Waals surface area contributed by atoms with Gasteiger partial charge in [0.15, 0.2) is 0 Å². The lowest BCUT2D eigenvalue weighted by Crippen LogP contribution is -2.22. The van der Waals surface area contributed by atoms with E-state index in [1.165, 1.54) is 32.1 Å². The van der Waals surface area contributed by atoms with Gasteiger partial charge in [-0.2, -0.15) is 8.42 Å². The topological polar surface area (TPSA) is 74.6 Å². The SMILES string of the molecule is CCCCCCCCCCC(CCC(O)CCCCC)S(=O)(=O)O. The van der Waals surface area contributed by atoms with Crippen molar-refractivity contribution in [2.24, 2.45) is 0 Å². The summed E-state index contributed by atoms with van der Waals surface area (Å²) in [5.74, 6) is 0. The van der Waals surface area contributed by atoms with Gasteiger partial charge in [-0.05, 0) is 25.7 Å². The van der Waals surface area contributed by atoms with Crippen LogP contribution in [0.3, 0.4) is 0 Å². The maximum absolute atomic E-state index is 11.5. The normalized spacial score (nSPS) is 14.7. The second kappa shape index (κ2) is 15.2. The molecule has 0 aromatic rings. The van der Waals surface area contributed by atoms with Crippen molar-refractivity contribution in [3.05, 3.63) is 0 Å². The van der Waals surface area contributed by atoms with Crippen molar-refractivity contribution in [2.45, 2.75) is 122 Å². The molecule has 0 fully saturated rings. The first-order valence-electron chi connectivity index (χ1n) is 10.1. The van der Waals surface area contributed by atoms with Crippen LogP contribution in [0.4, 0.5) is 0 Å². The molecule has 0 aliphatic rings. The number of aliphatic hydroxyl groups is 1. The van der Waals surface area contributed by atoms with E-state index >= 15 is 0 Å². The summed E-state index contributed by atoms with van der Waals surface area (Å²) < 4.78 is 32.4. The molecule has 0 amide bonds. The summed E-state index contributed by atoms with van der Waals surface area (Å²) in [7, 11) is -4.00. The Morgan fingerprint density at radius 2 is 1.12 bits per heavy atom. The maximum atomic E-state index is 11.5. The van der Waals surface area contributed by atoms with E-state index in [0.717, 1.165) is 44.9 Å². The molecule has 2 atom stereocenters. The first-order valence-corrected chi connectivity index (χ1v) is 11.6. The van der Waals surface area contributed by atoms with Gasteiger partial charge in [0.05, 0.1) is 11.4 Å². The summed E-state index contributed by atoms with van der Waals surface area (Å²) in [6, 6.07) is 0. The molecule has 0 aromatic carbocycles. The number of unbranched alkanes of at least 4 members (excludes halogenated alkanes) is 9. The van der Waals surface area contributed by atoms with E-state index in [9.17, 15) is 18.1 Å². The summed E-state index contributed by atoms with van der Waals surface area (Å²) in [6.07, 6.45) is 14.1. The second-order valence-electron chi connectivity index (χ2n) is 7.13. The van der Waals surface area contributed by atoms with E-state index in [1.807, 2.05) is 0 Å². The zero-order valence-electron chi connectivity index (χ0n) is 15.9. The van der Waals surface area contributed by atoms with Gasteiger partial charge in [-0.1, -0.05) is 84.5 Å². The van der Waals surface area contributed by atoms with E-state index in [1.54, 1.807) is 0 Å². The Hall–Kier alpha value is -0.130. The molecule has 0 aromatic heterocycles. The van der Waals surface area contributed by atoms with Crippen molar-refractivity contribution in [1.82, 2.24) is 0 Å². The van der Waals surface area contributed by atoms with Gasteiger partial charge in [0.25, 0.3) is 10.1 Å². The lowest BCUT2D eigenvalue weighted by molar-refractivity contribution is 0.147. The molecule has 2 unspecified atom stereocenters. The highest BCUT2D eigenvalue weighted by atomic mass is 32.2. The Labute approximate surface area is 150 Å². The lowest BCUT2D eigenvalue weighted by atomic mass is 10.0. The Bertz CT molecular complexity index is 368. The second-order valence-corrected chi connectivity index (χ2v) is 8.82. The molecule has 4 nitrogen and oxygen atoms in total. The fraction of sp³-hybridized carbons (Fsp3) is 1.00. The van der Waals surface area contributed by atoms with Gasteiger partial charge in [0.1, 0.15) is 0 Å². The fourth-order valence-corrected chi connectivity index (χ4v) is 4.00. The van der Waals surface area contributed by atoms with E-state index < -0.39 is 21.5 Å². The molecule has 0 aliphatic heterocycles. The van der Waals surface area contributed by atoms with Gasteiger partial charge < -0.3 is 5.11 Å². The van der Waals surface area contributed by atoms with Crippen LogP contribution in [0.5, 0.6) is 0 Å². The quantitative estimate of drug-likeness (QED) is 0.264. The highest BCUT2D eigenvalue weighted by Gasteiger charge is 2.23. The molecule has 0 saturated carbocycles. The van der Waals surface area contributed by atoms with Crippen LogP contribution in [0.25, 0.3) is 0 Å². The monoisotopic (exact) mass is 364 g/mol. The van der Waals surface area contributed by atoms with Crippen molar-refractivity contribution in [3.8, 4) is 0 Å². The highest BCUT2D eigenvalue weighted by Crippen LogP contribution is 2.19. The highest BCUT2D eigenvalue weighted by molar-refractivity contribution is 7.86. The van der Waals surface area contributed by atoms with Gasteiger partial charge >= 0.3 is 0 Å². The van der Waals surface area contributed by atoms with E-state index in [0.29, 0.717) is 19.3 Å². The van der Waals surface area contributed by atoms with E-state index in [-0.39, 0.29) is 0 Å². The molecule has 24 heavy (non-hydrogen) atoms. The molecule has 0 spiro atoms. The van der Waals surface area contributed by atoms with Gasteiger partial charge in [-0.15, -0.1) is 0 Å². The van der Waals surface area contributed by atoms with Gasteiger partial charge in [-0.3, -0.25) is 4.55 Å². The summed E-state index contributed by atoms with van der Waals surface area (Å²) in [4.78, 5) is 0. The number of rotatable bonds is 17. The molecular formula is C19H40O4S.